The van der Waals surface area contributed by atoms with Gasteiger partial charge in [-0.3, -0.25) is 4.79 Å². The fraction of sp³-hybridized carbons (Fsp3) is 0.562. The van der Waals surface area contributed by atoms with Crippen molar-refractivity contribution in [2.45, 2.75) is 25.8 Å². The molecule has 0 saturated heterocycles. The van der Waals surface area contributed by atoms with Crippen molar-refractivity contribution in [3.63, 3.8) is 0 Å². The van der Waals surface area contributed by atoms with Gasteiger partial charge in [0.05, 0.1) is 19.2 Å². The van der Waals surface area contributed by atoms with Gasteiger partial charge >= 0.3 is 0 Å². The van der Waals surface area contributed by atoms with Crippen molar-refractivity contribution >= 4 is 18.3 Å². The average molecular weight is 313 g/mol. The average Bonchev–Trinajstić information content (AvgIpc) is 3.27. The van der Waals surface area contributed by atoms with Crippen molar-refractivity contribution in [3.05, 3.63) is 35.4 Å². The van der Waals surface area contributed by atoms with E-state index in [2.05, 4.69) is 41.8 Å². The van der Waals surface area contributed by atoms with E-state index in [-0.39, 0.29) is 24.4 Å². The van der Waals surface area contributed by atoms with E-state index in [9.17, 15) is 4.79 Å². The zero-order chi connectivity index (χ0) is 14.4. The molecule has 2 rings (SSSR count). The SMILES string of the molecule is COCCNCC(=O)NC(c1ccc(C)cc1)C1CC1.Cl. The Kier molecular flexibility index (Phi) is 7.72. The number of ether oxygens (including phenoxy) is 1. The van der Waals surface area contributed by atoms with Crippen molar-refractivity contribution < 1.29 is 9.53 Å². The van der Waals surface area contributed by atoms with E-state index in [1.165, 1.54) is 24.0 Å². The standard InChI is InChI=1S/C16H24N2O2.ClH/c1-12-3-5-13(6-4-12)16(14-7-8-14)18-15(19)11-17-9-10-20-2;/h3-6,14,16-17H,7-11H2,1-2H3,(H,18,19);1H. The third-order valence-electron chi connectivity index (χ3n) is 3.61. The van der Waals surface area contributed by atoms with Crippen LogP contribution in [0, 0.1) is 12.8 Å². The third-order valence-corrected chi connectivity index (χ3v) is 3.61. The second-order valence-electron chi connectivity index (χ2n) is 5.46. The topological polar surface area (TPSA) is 50.4 Å². The number of benzene rings is 1. The molecule has 118 valence electrons. The van der Waals surface area contributed by atoms with E-state index in [4.69, 9.17) is 4.74 Å². The smallest absolute Gasteiger partial charge is 0.234 e. The zero-order valence-electron chi connectivity index (χ0n) is 12.7. The summed E-state index contributed by atoms with van der Waals surface area (Å²) in [6, 6.07) is 8.61. The first-order valence-electron chi connectivity index (χ1n) is 7.26. The van der Waals surface area contributed by atoms with Crippen molar-refractivity contribution in [2.75, 3.05) is 26.8 Å². The van der Waals surface area contributed by atoms with Gasteiger partial charge in [0.2, 0.25) is 5.91 Å². The minimum absolute atomic E-state index is 0. The molecule has 1 fully saturated rings. The van der Waals surface area contributed by atoms with Crippen LogP contribution in [0.5, 0.6) is 0 Å². The molecule has 21 heavy (non-hydrogen) atoms. The van der Waals surface area contributed by atoms with E-state index in [1.54, 1.807) is 7.11 Å². The second kappa shape index (κ2) is 9.03. The Labute approximate surface area is 133 Å². The molecular formula is C16H25ClN2O2. The van der Waals surface area contributed by atoms with Crippen LogP contribution in [-0.2, 0) is 9.53 Å². The van der Waals surface area contributed by atoms with E-state index >= 15 is 0 Å². The summed E-state index contributed by atoms with van der Waals surface area (Å²) in [6.45, 7) is 3.74. The lowest BCUT2D eigenvalue weighted by Gasteiger charge is -2.19. The first-order chi connectivity index (χ1) is 9.70. The quantitative estimate of drug-likeness (QED) is 0.724. The van der Waals surface area contributed by atoms with Gasteiger partial charge in [0.15, 0.2) is 0 Å². The highest BCUT2D eigenvalue weighted by molar-refractivity contribution is 5.85. The lowest BCUT2D eigenvalue weighted by Crippen LogP contribution is -2.38. The molecule has 1 aliphatic carbocycles. The number of hydrogen-bond acceptors (Lipinski definition) is 3. The fourth-order valence-electron chi connectivity index (χ4n) is 2.28. The minimum Gasteiger partial charge on any atom is -0.383 e. The number of aryl methyl sites for hydroxylation is 1. The third kappa shape index (κ3) is 6.04. The van der Waals surface area contributed by atoms with Crippen molar-refractivity contribution in [2.24, 2.45) is 5.92 Å². The summed E-state index contributed by atoms with van der Waals surface area (Å²) < 4.78 is 4.94. The Morgan fingerprint density at radius 1 is 1.33 bits per heavy atom. The Morgan fingerprint density at radius 2 is 2.00 bits per heavy atom. The number of rotatable bonds is 8. The molecule has 2 N–H and O–H groups in total. The summed E-state index contributed by atoms with van der Waals surface area (Å²) in [5, 5.41) is 6.22. The summed E-state index contributed by atoms with van der Waals surface area (Å²) in [5.41, 5.74) is 2.46. The van der Waals surface area contributed by atoms with Crippen LogP contribution in [0.4, 0.5) is 0 Å². The maximum Gasteiger partial charge on any atom is 0.234 e. The van der Waals surface area contributed by atoms with Crippen molar-refractivity contribution in [1.82, 2.24) is 10.6 Å². The number of carbonyl (C=O) groups is 1. The highest BCUT2D eigenvalue weighted by atomic mass is 35.5. The van der Waals surface area contributed by atoms with E-state index in [0.717, 1.165) is 0 Å². The minimum atomic E-state index is 0. The molecule has 0 aliphatic heterocycles. The number of amides is 1. The van der Waals surface area contributed by atoms with Crippen LogP contribution in [0.15, 0.2) is 24.3 Å². The second-order valence-corrected chi connectivity index (χ2v) is 5.46. The lowest BCUT2D eigenvalue weighted by molar-refractivity contribution is -0.121. The summed E-state index contributed by atoms with van der Waals surface area (Å²) in [4.78, 5) is 12.0. The fourth-order valence-corrected chi connectivity index (χ4v) is 2.28. The van der Waals surface area contributed by atoms with Crippen LogP contribution in [0.2, 0.25) is 0 Å². The molecule has 0 bridgehead atoms. The van der Waals surface area contributed by atoms with Crippen LogP contribution >= 0.6 is 12.4 Å². The molecule has 0 spiro atoms. The van der Waals surface area contributed by atoms with E-state index < -0.39 is 0 Å². The highest BCUT2D eigenvalue weighted by Gasteiger charge is 2.33. The molecule has 1 saturated carbocycles. The van der Waals surface area contributed by atoms with Crippen LogP contribution in [0.3, 0.4) is 0 Å². The molecule has 1 aromatic rings. The van der Waals surface area contributed by atoms with Crippen LogP contribution in [-0.4, -0.2) is 32.7 Å². The Morgan fingerprint density at radius 3 is 2.57 bits per heavy atom. The van der Waals surface area contributed by atoms with E-state index in [0.29, 0.717) is 25.6 Å². The number of nitrogens with one attached hydrogen (secondary N) is 2. The number of methoxy groups -OCH3 is 1. The van der Waals surface area contributed by atoms with Gasteiger partial charge in [-0.15, -0.1) is 12.4 Å². The van der Waals surface area contributed by atoms with Gasteiger partial charge < -0.3 is 15.4 Å². The van der Waals surface area contributed by atoms with Gasteiger partial charge in [0.25, 0.3) is 0 Å². The molecule has 1 aliphatic rings. The molecule has 1 unspecified atom stereocenters. The molecular weight excluding hydrogens is 288 g/mol. The molecule has 5 heteroatoms. The number of hydrogen-bond donors (Lipinski definition) is 2. The number of halogens is 1. The Bertz CT molecular complexity index is 432. The number of carbonyl (C=O) groups excluding carboxylic acids is 1. The Balaban J connectivity index is 0.00000220. The summed E-state index contributed by atoms with van der Waals surface area (Å²) in [5.74, 6) is 0.652. The first-order valence-corrected chi connectivity index (χ1v) is 7.26. The van der Waals surface area contributed by atoms with Gasteiger partial charge in [0, 0.05) is 13.7 Å². The molecule has 0 aromatic heterocycles. The van der Waals surface area contributed by atoms with Gasteiger partial charge in [-0.2, -0.15) is 0 Å². The van der Waals surface area contributed by atoms with Gasteiger partial charge in [-0.25, -0.2) is 0 Å². The largest absolute Gasteiger partial charge is 0.383 e. The highest BCUT2D eigenvalue weighted by Crippen LogP contribution is 2.40. The molecule has 1 atom stereocenters. The van der Waals surface area contributed by atoms with Gasteiger partial charge in [0.1, 0.15) is 0 Å². The van der Waals surface area contributed by atoms with Crippen molar-refractivity contribution in [3.8, 4) is 0 Å². The van der Waals surface area contributed by atoms with Gasteiger partial charge in [-0.05, 0) is 31.2 Å². The van der Waals surface area contributed by atoms with Gasteiger partial charge in [-0.1, -0.05) is 29.8 Å². The normalized spacial score (nSPS) is 15.1. The summed E-state index contributed by atoms with van der Waals surface area (Å²) in [6.07, 6.45) is 2.41. The maximum absolute atomic E-state index is 12.0. The van der Waals surface area contributed by atoms with Crippen molar-refractivity contribution in [1.29, 1.82) is 0 Å². The molecule has 4 nitrogen and oxygen atoms in total. The van der Waals surface area contributed by atoms with E-state index in [1.807, 2.05) is 0 Å². The zero-order valence-corrected chi connectivity index (χ0v) is 13.5. The Hall–Kier alpha value is -1.10. The van der Waals surface area contributed by atoms with Crippen LogP contribution in [0.25, 0.3) is 0 Å². The first kappa shape index (κ1) is 18.0. The maximum atomic E-state index is 12.0. The predicted molar refractivity (Wildman–Crippen MR) is 86.8 cm³/mol. The molecule has 0 heterocycles. The van der Waals surface area contributed by atoms with Crippen LogP contribution in [0.1, 0.15) is 30.0 Å². The monoisotopic (exact) mass is 312 g/mol. The predicted octanol–water partition coefficient (Wildman–Crippen LogP) is 2.22. The van der Waals surface area contributed by atoms with Crippen LogP contribution < -0.4 is 10.6 Å². The lowest BCUT2D eigenvalue weighted by atomic mass is 10.0. The summed E-state index contributed by atoms with van der Waals surface area (Å²) >= 11 is 0. The molecule has 1 amide bonds. The molecule has 1 aromatic carbocycles. The summed E-state index contributed by atoms with van der Waals surface area (Å²) in [7, 11) is 1.66. The molecule has 0 radical (unpaired) electrons.